The molecule has 1 N–H and O–H groups in total. The lowest BCUT2D eigenvalue weighted by Gasteiger charge is -2.32. The van der Waals surface area contributed by atoms with Crippen LogP contribution in [-0.2, 0) is 4.79 Å². The summed E-state index contributed by atoms with van der Waals surface area (Å²) in [6.07, 6.45) is 3.38. The molecule has 0 spiro atoms. The summed E-state index contributed by atoms with van der Waals surface area (Å²) in [7, 11) is 0. The molecule has 1 aromatic heterocycles. The summed E-state index contributed by atoms with van der Waals surface area (Å²) < 4.78 is 0. The lowest BCUT2D eigenvalue weighted by atomic mass is 9.95. The molecule has 3 aromatic carbocycles. The van der Waals surface area contributed by atoms with Gasteiger partial charge in [-0.25, -0.2) is 4.98 Å². The van der Waals surface area contributed by atoms with Gasteiger partial charge in [0, 0.05) is 41.5 Å². The van der Waals surface area contributed by atoms with Gasteiger partial charge in [0.1, 0.15) is 5.01 Å². The smallest absolute Gasteiger partial charge is 0.254 e. The predicted octanol–water partition coefficient (Wildman–Crippen LogP) is 5.45. The Morgan fingerprint density at radius 2 is 1.81 bits per heavy atom. The van der Waals surface area contributed by atoms with Crippen molar-refractivity contribution in [3.8, 4) is 10.6 Å². The van der Waals surface area contributed by atoms with E-state index >= 15 is 0 Å². The van der Waals surface area contributed by atoms with Gasteiger partial charge in [0.15, 0.2) is 0 Å². The van der Waals surface area contributed by atoms with E-state index < -0.39 is 0 Å². The molecular formula is C26H23N3O2S. The van der Waals surface area contributed by atoms with E-state index in [9.17, 15) is 9.59 Å². The van der Waals surface area contributed by atoms with Crippen molar-refractivity contribution >= 4 is 39.6 Å². The average Bonchev–Trinajstić information content (AvgIpc) is 3.39. The van der Waals surface area contributed by atoms with Crippen molar-refractivity contribution in [2.24, 2.45) is 5.92 Å². The number of likely N-dealkylation sites (tertiary alicyclic amines) is 1. The fraction of sp³-hybridized carbons (Fsp3) is 0.192. The molecule has 0 radical (unpaired) electrons. The summed E-state index contributed by atoms with van der Waals surface area (Å²) in [5, 5.41) is 7.92. The second-order valence-corrected chi connectivity index (χ2v) is 8.92. The van der Waals surface area contributed by atoms with Crippen LogP contribution in [0.15, 0.2) is 78.3 Å². The second kappa shape index (κ2) is 8.93. The minimum Gasteiger partial charge on any atom is -0.338 e. The van der Waals surface area contributed by atoms with Gasteiger partial charge in [-0.3, -0.25) is 9.59 Å². The number of nitrogens with one attached hydrogen (secondary N) is 1. The molecule has 6 heteroatoms. The van der Waals surface area contributed by atoms with Crippen molar-refractivity contribution in [1.82, 2.24) is 9.88 Å². The van der Waals surface area contributed by atoms with Crippen molar-refractivity contribution in [3.63, 3.8) is 0 Å². The number of hydrogen-bond donors (Lipinski definition) is 1. The van der Waals surface area contributed by atoms with Crippen LogP contribution in [0, 0.1) is 5.92 Å². The van der Waals surface area contributed by atoms with E-state index in [4.69, 9.17) is 0 Å². The Labute approximate surface area is 190 Å². The van der Waals surface area contributed by atoms with E-state index in [-0.39, 0.29) is 17.7 Å². The SMILES string of the molecule is O=C(Nc1ccc(-c2nccs2)cc1)C1CCCN(C(=O)c2cccc3ccccc23)C1. The molecule has 1 atom stereocenters. The molecule has 0 bridgehead atoms. The maximum absolute atomic E-state index is 13.3. The van der Waals surface area contributed by atoms with Crippen LogP contribution in [0.5, 0.6) is 0 Å². The van der Waals surface area contributed by atoms with Crippen LogP contribution >= 0.6 is 11.3 Å². The number of anilines is 1. The van der Waals surface area contributed by atoms with Gasteiger partial charge < -0.3 is 10.2 Å². The van der Waals surface area contributed by atoms with Crippen LogP contribution < -0.4 is 5.32 Å². The number of hydrogen-bond acceptors (Lipinski definition) is 4. The van der Waals surface area contributed by atoms with Crippen LogP contribution in [0.25, 0.3) is 21.3 Å². The van der Waals surface area contributed by atoms with Crippen molar-refractivity contribution < 1.29 is 9.59 Å². The Kier molecular flexibility index (Phi) is 5.69. The molecule has 0 saturated carbocycles. The fourth-order valence-corrected chi connectivity index (χ4v) is 4.91. The van der Waals surface area contributed by atoms with Crippen LogP contribution in [0.1, 0.15) is 23.2 Å². The highest BCUT2D eigenvalue weighted by molar-refractivity contribution is 7.13. The summed E-state index contributed by atoms with van der Waals surface area (Å²) >= 11 is 1.58. The highest BCUT2D eigenvalue weighted by Gasteiger charge is 2.29. The molecule has 1 fully saturated rings. The number of amides is 2. The summed E-state index contributed by atoms with van der Waals surface area (Å²) in [5.41, 5.74) is 2.48. The molecule has 1 aliphatic heterocycles. The van der Waals surface area contributed by atoms with Gasteiger partial charge in [-0.05, 0) is 53.9 Å². The van der Waals surface area contributed by atoms with Crippen molar-refractivity contribution in [2.75, 3.05) is 18.4 Å². The zero-order valence-electron chi connectivity index (χ0n) is 17.5. The molecule has 4 aromatic rings. The van der Waals surface area contributed by atoms with Crippen LogP contribution in [-0.4, -0.2) is 34.8 Å². The van der Waals surface area contributed by atoms with Gasteiger partial charge in [-0.1, -0.05) is 36.4 Å². The third-order valence-corrected chi connectivity index (χ3v) is 6.75. The number of thiazole rings is 1. The Balaban J connectivity index is 1.27. The first-order valence-electron chi connectivity index (χ1n) is 10.8. The Hall–Kier alpha value is -3.51. The number of carbonyl (C=O) groups excluding carboxylic acids is 2. The third kappa shape index (κ3) is 4.14. The first-order valence-corrected chi connectivity index (χ1v) is 11.6. The zero-order chi connectivity index (χ0) is 21.9. The Morgan fingerprint density at radius 3 is 2.62 bits per heavy atom. The Bertz CT molecular complexity index is 1250. The summed E-state index contributed by atoms with van der Waals surface area (Å²) in [6.45, 7) is 1.11. The van der Waals surface area contributed by atoms with E-state index in [0.29, 0.717) is 18.7 Å². The highest BCUT2D eigenvalue weighted by Crippen LogP contribution is 2.26. The van der Waals surface area contributed by atoms with Crippen molar-refractivity contribution in [2.45, 2.75) is 12.8 Å². The van der Waals surface area contributed by atoms with Gasteiger partial charge in [0.05, 0.1) is 5.92 Å². The minimum absolute atomic E-state index is 0.00731. The molecule has 5 rings (SSSR count). The zero-order valence-corrected chi connectivity index (χ0v) is 18.3. The average molecular weight is 442 g/mol. The first kappa shape index (κ1) is 20.4. The van der Waals surface area contributed by atoms with Crippen molar-refractivity contribution in [3.05, 3.63) is 83.9 Å². The van der Waals surface area contributed by atoms with E-state index in [1.54, 1.807) is 17.5 Å². The molecule has 0 aliphatic carbocycles. The van der Waals surface area contributed by atoms with Crippen LogP contribution in [0.2, 0.25) is 0 Å². The molecule has 2 heterocycles. The van der Waals surface area contributed by atoms with E-state index in [1.807, 2.05) is 77.0 Å². The standard InChI is InChI=1S/C26H23N3O2S/c30-24(28-21-12-10-19(11-13-21)25-27-14-16-32-25)20-7-4-15-29(17-20)26(31)23-9-3-6-18-5-1-2-8-22(18)23/h1-3,5-6,8-14,16,20H,4,7,15,17H2,(H,28,30). The van der Waals surface area contributed by atoms with Gasteiger partial charge in [-0.15, -0.1) is 11.3 Å². The monoisotopic (exact) mass is 441 g/mol. The van der Waals surface area contributed by atoms with E-state index in [2.05, 4.69) is 10.3 Å². The van der Waals surface area contributed by atoms with Crippen LogP contribution in [0.3, 0.4) is 0 Å². The van der Waals surface area contributed by atoms with Gasteiger partial charge in [0.2, 0.25) is 5.91 Å². The molecular weight excluding hydrogens is 418 g/mol. The fourth-order valence-electron chi connectivity index (χ4n) is 4.26. The lowest BCUT2D eigenvalue weighted by molar-refractivity contribution is -0.121. The van der Waals surface area contributed by atoms with E-state index in [0.717, 1.165) is 39.9 Å². The topological polar surface area (TPSA) is 62.3 Å². The summed E-state index contributed by atoms with van der Waals surface area (Å²) in [6, 6.07) is 21.4. The number of benzene rings is 3. The number of aromatic nitrogens is 1. The lowest BCUT2D eigenvalue weighted by Crippen LogP contribution is -2.43. The molecule has 1 saturated heterocycles. The maximum atomic E-state index is 13.3. The molecule has 1 unspecified atom stereocenters. The maximum Gasteiger partial charge on any atom is 0.254 e. The quantitative estimate of drug-likeness (QED) is 0.458. The minimum atomic E-state index is -0.221. The van der Waals surface area contributed by atoms with Gasteiger partial charge >= 0.3 is 0 Å². The van der Waals surface area contributed by atoms with E-state index in [1.165, 1.54) is 0 Å². The highest BCUT2D eigenvalue weighted by atomic mass is 32.1. The van der Waals surface area contributed by atoms with Gasteiger partial charge in [-0.2, -0.15) is 0 Å². The molecule has 5 nitrogen and oxygen atoms in total. The van der Waals surface area contributed by atoms with Crippen LogP contribution in [0.4, 0.5) is 5.69 Å². The number of nitrogens with zero attached hydrogens (tertiary/aromatic N) is 2. The molecule has 2 amide bonds. The molecule has 32 heavy (non-hydrogen) atoms. The largest absolute Gasteiger partial charge is 0.338 e. The number of piperidine rings is 1. The van der Waals surface area contributed by atoms with Crippen molar-refractivity contribution in [1.29, 1.82) is 0 Å². The first-order chi connectivity index (χ1) is 15.7. The number of fused-ring (bicyclic) bond motifs is 1. The Morgan fingerprint density at radius 1 is 1.00 bits per heavy atom. The second-order valence-electron chi connectivity index (χ2n) is 8.02. The van der Waals surface area contributed by atoms with Gasteiger partial charge in [0.25, 0.3) is 5.91 Å². The predicted molar refractivity (Wildman–Crippen MR) is 129 cm³/mol. The normalized spacial score (nSPS) is 16.1. The number of rotatable bonds is 4. The molecule has 1 aliphatic rings. The third-order valence-electron chi connectivity index (χ3n) is 5.93. The molecule has 160 valence electrons. The summed E-state index contributed by atoms with van der Waals surface area (Å²) in [4.78, 5) is 32.4. The number of carbonyl (C=O) groups is 2. The summed E-state index contributed by atoms with van der Waals surface area (Å²) in [5.74, 6) is -0.268.